The van der Waals surface area contributed by atoms with E-state index in [2.05, 4.69) is 20.5 Å². The molecule has 0 fully saturated rings. The molecule has 0 spiro atoms. The maximum absolute atomic E-state index is 12.6. The fourth-order valence-electron chi connectivity index (χ4n) is 3.76. The third-order valence-electron chi connectivity index (χ3n) is 5.63. The summed E-state index contributed by atoms with van der Waals surface area (Å²) < 4.78 is 17.6. The van der Waals surface area contributed by atoms with E-state index in [1.54, 1.807) is 25.9 Å². The molecule has 2 aromatic heterocycles. The van der Waals surface area contributed by atoms with E-state index in [0.29, 0.717) is 46.4 Å². The molecule has 3 N–H and O–H groups in total. The summed E-state index contributed by atoms with van der Waals surface area (Å²) in [7, 11) is 4.79. The Labute approximate surface area is 212 Å². The second kappa shape index (κ2) is 11.2. The highest BCUT2D eigenvalue weighted by molar-refractivity contribution is 7.99. The summed E-state index contributed by atoms with van der Waals surface area (Å²) in [6.45, 7) is 2.33. The third-order valence-corrected chi connectivity index (χ3v) is 6.57. The molecule has 0 aliphatic heterocycles. The molecule has 0 atom stereocenters. The van der Waals surface area contributed by atoms with Crippen LogP contribution in [0.15, 0.2) is 47.6 Å². The lowest BCUT2D eigenvalue weighted by atomic mass is 10.1. The predicted molar refractivity (Wildman–Crippen MR) is 137 cm³/mol. The molecule has 10 nitrogen and oxygen atoms in total. The summed E-state index contributed by atoms with van der Waals surface area (Å²) in [5.74, 6) is 2.04. The van der Waals surface area contributed by atoms with Crippen LogP contribution in [-0.4, -0.2) is 59.3 Å². The van der Waals surface area contributed by atoms with Crippen LogP contribution in [0.2, 0.25) is 0 Å². The van der Waals surface area contributed by atoms with Crippen molar-refractivity contribution in [2.75, 3.05) is 33.6 Å². The monoisotopic (exact) mass is 508 g/mol. The van der Waals surface area contributed by atoms with Gasteiger partial charge in [-0.1, -0.05) is 17.8 Å². The minimum absolute atomic E-state index is 0.131. The number of methoxy groups -OCH3 is 3. The number of benzene rings is 2. The number of amides is 1. The Morgan fingerprint density at radius 3 is 2.53 bits per heavy atom. The van der Waals surface area contributed by atoms with Gasteiger partial charge in [-0.2, -0.15) is 5.10 Å². The quantitative estimate of drug-likeness (QED) is 0.222. The molecule has 2 heterocycles. The number of nitrogens with one attached hydrogen (secondary N) is 3. The van der Waals surface area contributed by atoms with Gasteiger partial charge in [-0.25, -0.2) is 4.98 Å². The van der Waals surface area contributed by atoms with E-state index in [-0.39, 0.29) is 17.1 Å². The number of thioether (sulfide) groups is 1. The molecule has 0 bridgehead atoms. The molecule has 0 saturated heterocycles. The van der Waals surface area contributed by atoms with Gasteiger partial charge in [-0.05, 0) is 55.3 Å². The molecular weight excluding hydrogens is 480 g/mol. The summed E-state index contributed by atoms with van der Waals surface area (Å²) in [5.41, 5.74) is 3.21. The Balaban J connectivity index is 1.47. The zero-order valence-corrected chi connectivity index (χ0v) is 21.4. The smallest absolute Gasteiger partial charge is 0.230 e. The fourth-order valence-corrected chi connectivity index (χ4v) is 4.60. The zero-order chi connectivity index (χ0) is 25.7. The highest BCUT2D eigenvalue weighted by atomic mass is 32.2. The van der Waals surface area contributed by atoms with Gasteiger partial charge in [-0.15, -0.1) is 0 Å². The largest absolute Gasteiger partial charge is 0.497 e. The van der Waals surface area contributed by atoms with E-state index in [9.17, 15) is 4.79 Å². The topological polar surface area (TPSA) is 127 Å². The van der Waals surface area contributed by atoms with Gasteiger partial charge in [0, 0.05) is 17.9 Å². The maximum Gasteiger partial charge on any atom is 0.230 e. The maximum atomic E-state index is 12.6. The average Bonchev–Trinajstić information content (AvgIpc) is 3.28. The first-order valence-electron chi connectivity index (χ1n) is 11.2. The van der Waals surface area contributed by atoms with Crippen LogP contribution in [-0.2, 0) is 11.2 Å². The zero-order valence-electron chi connectivity index (χ0n) is 20.5. The molecule has 2 aromatic carbocycles. The molecular formula is C25H28N6O4S. The average molecular weight is 509 g/mol. The highest BCUT2D eigenvalue weighted by Crippen LogP contribution is 2.27. The first-order chi connectivity index (χ1) is 17.4. The molecule has 0 radical (unpaired) electrons. The number of ether oxygens (including phenoxy) is 3. The molecule has 0 saturated carbocycles. The normalized spacial score (nSPS) is 10.9. The van der Waals surface area contributed by atoms with Crippen molar-refractivity contribution in [3.05, 3.63) is 59.2 Å². The van der Waals surface area contributed by atoms with E-state index in [4.69, 9.17) is 19.6 Å². The van der Waals surface area contributed by atoms with Gasteiger partial charge < -0.3 is 19.5 Å². The molecule has 1 amide bonds. The summed E-state index contributed by atoms with van der Waals surface area (Å²) in [6.07, 6.45) is 0.649. The first-order valence-corrected chi connectivity index (χ1v) is 12.2. The molecule has 4 aromatic rings. The Bertz CT molecular complexity index is 1430. The summed E-state index contributed by atoms with van der Waals surface area (Å²) >= 11 is 1.25. The fraction of sp³-hybridized carbons (Fsp3) is 0.280. The van der Waals surface area contributed by atoms with Gasteiger partial charge in [0.2, 0.25) is 5.91 Å². The van der Waals surface area contributed by atoms with Crippen molar-refractivity contribution in [1.82, 2.24) is 25.1 Å². The summed E-state index contributed by atoms with van der Waals surface area (Å²) in [6, 6.07) is 13.0. The predicted octanol–water partition coefficient (Wildman–Crippen LogP) is 3.01. The Morgan fingerprint density at radius 1 is 1.08 bits per heavy atom. The van der Waals surface area contributed by atoms with Gasteiger partial charge in [0.1, 0.15) is 11.2 Å². The number of aryl methyl sites for hydroxylation is 1. The number of nitrogens with zero attached hydrogens (tertiary/aromatic N) is 3. The number of hydrogen-bond acceptors (Lipinski definition) is 8. The molecule has 0 aliphatic carbocycles. The summed E-state index contributed by atoms with van der Waals surface area (Å²) in [4.78, 5) is 17.3. The van der Waals surface area contributed by atoms with Crippen molar-refractivity contribution in [2.45, 2.75) is 18.5 Å². The molecule has 4 rings (SSSR count). The minimum atomic E-state index is -0.131. The number of H-pyrrole nitrogens is 1. The number of carbonyl (C=O) groups excluding carboxylic acids is 1. The van der Waals surface area contributed by atoms with Gasteiger partial charge in [0.15, 0.2) is 22.3 Å². The highest BCUT2D eigenvalue weighted by Gasteiger charge is 2.16. The van der Waals surface area contributed by atoms with Crippen molar-refractivity contribution in [3.63, 3.8) is 0 Å². The lowest BCUT2D eigenvalue weighted by molar-refractivity contribution is -0.118. The molecule has 0 unspecified atom stereocenters. The van der Waals surface area contributed by atoms with Crippen molar-refractivity contribution in [1.29, 1.82) is 5.41 Å². The van der Waals surface area contributed by atoms with Crippen molar-refractivity contribution in [2.24, 2.45) is 0 Å². The Hall–Kier alpha value is -3.99. The Kier molecular flexibility index (Phi) is 7.79. The lowest BCUT2D eigenvalue weighted by Gasteiger charge is -2.14. The van der Waals surface area contributed by atoms with Crippen LogP contribution in [0.5, 0.6) is 17.2 Å². The van der Waals surface area contributed by atoms with Crippen molar-refractivity contribution in [3.8, 4) is 22.9 Å². The number of fused-ring (bicyclic) bond motifs is 1. The van der Waals surface area contributed by atoms with Gasteiger partial charge in [0.25, 0.3) is 0 Å². The number of aromatic amines is 1. The lowest BCUT2D eigenvalue weighted by Crippen LogP contribution is -2.28. The van der Waals surface area contributed by atoms with Crippen LogP contribution >= 0.6 is 11.8 Å². The standard InChI is InChI=1S/C25H28N6O4S/c1-15-22-23(26)31(17-6-8-18(33-2)9-7-17)25(28-24(22)30-29-15)36-14-21(32)27-12-11-16-5-10-19(34-3)20(13-16)35-4/h5-10,13,26H,11-12,14H2,1-4H3,(H,27,32)(H,29,30). The van der Waals surface area contributed by atoms with Gasteiger partial charge in [0.05, 0.1) is 32.5 Å². The van der Waals surface area contributed by atoms with Crippen LogP contribution in [0, 0.1) is 12.3 Å². The summed E-state index contributed by atoms with van der Waals surface area (Å²) in [5, 5.41) is 20.0. The third kappa shape index (κ3) is 5.30. The van der Waals surface area contributed by atoms with E-state index in [1.165, 1.54) is 11.8 Å². The Morgan fingerprint density at radius 2 is 1.83 bits per heavy atom. The number of rotatable bonds is 10. The molecule has 188 valence electrons. The van der Waals surface area contributed by atoms with Crippen LogP contribution in [0.25, 0.3) is 16.7 Å². The second-order valence-electron chi connectivity index (χ2n) is 7.90. The van der Waals surface area contributed by atoms with Gasteiger partial charge >= 0.3 is 0 Å². The van der Waals surface area contributed by atoms with Gasteiger partial charge in [-0.3, -0.25) is 19.9 Å². The van der Waals surface area contributed by atoms with E-state index in [1.807, 2.05) is 49.4 Å². The number of carbonyl (C=O) groups is 1. The van der Waals surface area contributed by atoms with Crippen LogP contribution in [0.1, 0.15) is 11.3 Å². The van der Waals surface area contributed by atoms with Crippen LogP contribution < -0.4 is 25.0 Å². The molecule has 0 aliphatic rings. The minimum Gasteiger partial charge on any atom is -0.497 e. The van der Waals surface area contributed by atoms with E-state index >= 15 is 0 Å². The van der Waals surface area contributed by atoms with Crippen LogP contribution in [0.3, 0.4) is 0 Å². The van der Waals surface area contributed by atoms with E-state index < -0.39 is 0 Å². The molecule has 11 heteroatoms. The molecule has 36 heavy (non-hydrogen) atoms. The van der Waals surface area contributed by atoms with E-state index in [0.717, 1.165) is 16.9 Å². The number of aromatic nitrogens is 4. The number of hydrogen-bond donors (Lipinski definition) is 3. The van der Waals surface area contributed by atoms with Crippen molar-refractivity contribution < 1.29 is 19.0 Å². The first kappa shape index (κ1) is 25.1. The van der Waals surface area contributed by atoms with Crippen LogP contribution in [0.4, 0.5) is 0 Å². The van der Waals surface area contributed by atoms with Crippen molar-refractivity contribution >= 4 is 28.7 Å². The second-order valence-corrected chi connectivity index (χ2v) is 8.84. The SMILES string of the molecule is COc1ccc(-n2c(SCC(=O)NCCc3ccc(OC)c(OC)c3)nc3n[nH]c(C)c3c2=N)cc1.